The van der Waals surface area contributed by atoms with Gasteiger partial charge in [-0.2, -0.15) is 0 Å². The van der Waals surface area contributed by atoms with Gasteiger partial charge in [-0.15, -0.1) is 11.6 Å². The highest BCUT2D eigenvalue weighted by atomic mass is 35.5. The van der Waals surface area contributed by atoms with Gasteiger partial charge in [0.25, 0.3) is 0 Å². The minimum atomic E-state index is -0.552. The monoisotopic (exact) mass is 364 g/mol. The molecule has 112 valence electrons. The van der Waals surface area contributed by atoms with Crippen molar-refractivity contribution in [2.45, 2.75) is 5.38 Å². The third kappa shape index (κ3) is 3.51. The Kier molecular flexibility index (Phi) is 5.50. The first-order valence-corrected chi connectivity index (χ1v) is 7.55. The zero-order chi connectivity index (χ0) is 15.6. The number of rotatable bonds is 4. The van der Waals surface area contributed by atoms with Gasteiger partial charge < -0.3 is 9.47 Å². The first kappa shape index (κ1) is 16.6. The summed E-state index contributed by atoms with van der Waals surface area (Å²) in [5.74, 6) is 1.08. The minimum Gasteiger partial charge on any atom is -0.493 e. The normalized spacial score (nSPS) is 12.1. The van der Waals surface area contributed by atoms with Crippen molar-refractivity contribution in [2.24, 2.45) is 0 Å². The Morgan fingerprint density at radius 1 is 0.810 bits per heavy atom. The van der Waals surface area contributed by atoms with Gasteiger partial charge in [0.1, 0.15) is 0 Å². The number of methoxy groups -OCH3 is 2. The Morgan fingerprint density at radius 3 is 2.00 bits per heavy atom. The number of benzene rings is 2. The van der Waals surface area contributed by atoms with Crippen LogP contribution in [0.2, 0.25) is 15.1 Å². The number of hydrogen-bond donors (Lipinski definition) is 0. The number of hydrogen-bond acceptors (Lipinski definition) is 2. The van der Waals surface area contributed by atoms with Crippen molar-refractivity contribution in [1.29, 1.82) is 0 Å². The summed E-state index contributed by atoms with van der Waals surface area (Å²) in [4.78, 5) is 0. The maximum Gasteiger partial charge on any atom is 0.162 e. The van der Waals surface area contributed by atoms with E-state index in [1.807, 2.05) is 0 Å². The molecule has 2 aromatic rings. The molecule has 21 heavy (non-hydrogen) atoms. The average molecular weight is 366 g/mol. The van der Waals surface area contributed by atoms with Crippen molar-refractivity contribution in [2.75, 3.05) is 14.2 Å². The molecule has 0 aliphatic carbocycles. The van der Waals surface area contributed by atoms with Gasteiger partial charge in [0.05, 0.1) is 19.6 Å². The zero-order valence-electron chi connectivity index (χ0n) is 11.3. The third-order valence-corrected chi connectivity index (χ3v) is 4.38. The van der Waals surface area contributed by atoms with Crippen molar-refractivity contribution >= 4 is 46.4 Å². The predicted molar refractivity (Wildman–Crippen MR) is 88.7 cm³/mol. The van der Waals surface area contributed by atoms with Crippen LogP contribution < -0.4 is 9.47 Å². The van der Waals surface area contributed by atoms with Crippen molar-refractivity contribution in [1.82, 2.24) is 0 Å². The predicted octanol–water partition coefficient (Wildman–Crippen LogP) is 5.99. The van der Waals surface area contributed by atoms with E-state index in [0.717, 1.165) is 0 Å². The van der Waals surface area contributed by atoms with E-state index < -0.39 is 5.38 Å². The summed E-state index contributed by atoms with van der Waals surface area (Å²) in [6, 6.07) is 8.50. The van der Waals surface area contributed by atoms with E-state index in [4.69, 9.17) is 55.9 Å². The molecule has 0 aliphatic rings. The van der Waals surface area contributed by atoms with Gasteiger partial charge >= 0.3 is 0 Å². The second-order valence-electron chi connectivity index (χ2n) is 4.26. The molecule has 0 aromatic heterocycles. The number of alkyl halides is 1. The van der Waals surface area contributed by atoms with Crippen molar-refractivity contribution < 1.29 is 9.47 Å². The highest BCUT2D eigenvalue weighted by molar-refractivity contribution is 6.36. The van der Waals surface area contributed by atoms with E-state index in [0.29, 0.717) is 37.7 Å². The van der Waals surface area contributed by atoms with E-state index in [9.17, 15) is 0 Å². The standard InChI is InChI=1S/C15H12Cl4O2/c1-20-13-6-10(12(18)7-14(13)21-2)15(19)9-5-8(16)3-4-11(9)17/h3-7,15H,1-2H3. The summed E-state index contributed by atoms with van der Waals surface area (Å²) in [5, 5.41) is 0.981. The fraction of sp³-hybridized carbons (Fsp3) is 0.200. The molecule has 0 fully saturated rings. The lowest BCUT2D eigenvalue weighted by Crippen LogP contribution is -1.99. The SMILES string of the molecule is COc1cc(Cl)c(C(Cl)c2cc(Cl)ccc2Cl)cc1OC. The Hall–Kier alpha value is -0.800. The third-order valence-electron chi connectivity index (χ3n) is 3.01. The smallest absolute Gasteiger partial charge is 0.162 e. The molecular formula is C15H12Cl4O2. The maximum absolute atomic E-state index is 6.51. The highest BCUT2D eigenvalue weighted by Gasteiger charge is 2.20. The molecule has 2 nitrogen and oxygen atoms in total. The molecule has 0 N–H and O–H groups in total. The molecule has 1 unspecified atom stereocenters. The van der Waals surface area contributed by atoms with Gasteiger partial charge in [-0.3, -0.25) is 0 Å². The molecule has 0 amide bonds. The maximum atomic E-state index is 6.51. The van der Waals surface area contributed by atoms with Gasteiger partial charge in [0, 0.05) is 21.1 Å². The Morgan fingerprint density at radius 2 is 1.38 bits per heavy atom. The average Bonchev–Trinajstić information content (AvgIpc) is 2.48. The molecule has 6 heteroatoms. The molecule has 0 saturated heterocycles. The van der Waals surface area contributed by atoms with E-state index in [1.54, 1.807) is 44.6 Å². The van der Waals surface area contributed by atoms with Crippen molar-refractivity contribution in [3.63, 3.8) is 0 Å². The lowest BCUT2D eigenvalue weighted by molar-refractivity contribution is 0.354. The van der Waals surface area contributed by atoms with Gasteiger partial charge in [-0.25, -0.2) is 0 Å². The summed E-state index contributed by atoms with van der Waals surface area (Å²) < 4.78 is 10.5. The van der Waals surface area contributed by atoms with Crippen LogP contribution in [0.3, 0.4) is 0 Å². The van der Waals surface area contributed by atoms with Crippen LogP contribution in [-0.4, -0.2) is 14.2 Å². The van der Waals surface area contributed by atoms with Crippen LogP contribution in [0.15, 0.2) is 30.3 Å². The van der Waals surface area contributed by atoms with Crippen LogP contribution in [-0.2, 0) is 0 Å². The van der Waals surface area contributed by atoms with E-state index >= 15 is 0 Å². The van der Waals surface area contributed by atoms with Gasteiger partial charge in [0.15, 0.2) is 11.5 Å². The van der Waals surface area contributed by atoms with E-state index in [1.165, 1.54) is 0 Å². The summed E-state index contributed by atoms with van der Waals surface area (Å²) in [6.07, 6.45) is 0. The van der Waals surface area contributed by atoms with Crippen LogP contribution in [0.4, 0.5) is 0 Å². The van der Waals surface area contributed by atoms with Crippen LogP contribution in [0, 0.1) is 0 Å². The highest BCUT2D eigenvalue weighted by Crippen LogP contribution is 2.42. The van der Waals surface area contributed by atoms with Crippen LogP contribution in [0.5, 0.6) is 11.5 Å². The summed E-state index contributed by atoms with van der Waals surface area (Å²) in [5.41, 5.74) is 1.35. The quantitative estimate of drug-likeness (QED) is 0.619. The summed E-state index contributed by atoms with van der Waals surface area (Å²) in [7, 11) is 3.09. The molecule has 1 atom stereocenters. The Balaban J connectivity index is 2.52. The molecular weight excluding hydrogens is 354 g/mol. The Labute approximate surface area is 143 Å². The minimum absolute atomic E-state index is 0.462. The molecule has 0 aliphatic heterocycles. The summed E-state index contributed by atoms with van der Waals surface area (Å²) in [6.45, 7) is 0. The first-order valence-electron chi connectivity index (χ1n) is 5.98. The van der Waals surface area contributed by atoms with Crippen LogP contribution in [0.1, 0.15) is 16.5 Å². The lowest BCUT2D eigenvalue weighted by atomic mass is 10.0. The summed E-state index contributed by atoms with van der Waals surface area (Å²) >= 11 is 25.0. The molecule has 0 saturated carbocycles. The molecule has 2 rings (SSSR count). The molecule has 0 radical (unpaired) electrons. The van der Waals surface area contributed by atoms with Gasteiger partial charge in [-0.05, 0) is 35.4 Å². The molecule has 0 heterocycles. The first-order chi connectivity index (χ1) is 9.97. The fourth-order valence-corrected chi connectivity index (χ4v) is 3.08. The van der Waals surface area contributed by atoms with Crippen molar-refractivity contribution in [3.8, 4) is 11.5 Å². The number of ether oxygens (including phenoxy) is 2. The van der Waals surface area contributed by atoms with Gasteiger partial charge in [0.2, 0.25) is 0 Å². The molecule has 0 bridgehead atoms. The lowest BCUT2D eigenvalue weighted by Gasteiger charge is -2.17. The topological polar surface area (TPSA) is 18.5 Å². The van der Waals surface area contributed by atoms with E-state index in [2.05, 4.69) is 0 Å². The molecule has 0 spiro atoms. The van der Waals surface area contributed by atoms with Crippen molar-refractivity contribution in [3.05, 3.63) is 56.5 Å². The largest absolute Gasteiger partial charge is 0.493 e. The van der Waals surface area contributed by atoms with Crippen LogP contribution in [0.25, 0.3) is 0 Å². The number of halogens is 4. The molecule has 2 aromatic carbocycles. The van der Waals surface area contributed by atoms with Crippen LogP contribution >= 0.6 is 46.4 Å². The second kappa shape index (κ2) is 6.97. The fourth-order valence-electron chi connectivity index (χ4n) is 1.94. The van der Waals surface area contributed by atoms with E-state index in [-0.39, 0.29) is 0 Å². The van der Waals surface area contributed by atoms with Gasteiger partial charge in [-0.1, -0.05) is 34.8 Å². The Bertz CT molecular complexity index is 658. The zero-order valence-corrected chi connectivity index (χ0v) is 14.3. The second-order valence-corrected chi connectivity index (χ2v) is 5.94.